The third-order valence-corrected chi connectivity index (χ3v) is 5.11. The zero-order chi connectivity index (χ0) is 20.3. The van der Waals surface area contributed by atoms with Crippen LogP contribution in [-0.2, 0) is 9.53 Å². The molecular formula is C21H31NO4S. The Bertz CT molecular complexity index is 663. The number of para-hydroxylation sites is 1. The summed E-state index contributed by atoms with van der Waals surface area (Å²) in [5, 5.41) is 2.68. The van der Waals surface area contributed by atoms with Gasteiger partial charge >= 0.3 is 12.1 Å². The molecule has 1 amide bonds. The maximum atomic E-state index is 12.7. The van der Waals surface area contributed by atoms with Crippen molar-refractivity contribution in [3.05, 3.63) is 54.1 Å². The summed E-state index contributed by atoms with van der Waals surface area (Å²) in [4.78, 5) is 24.6. The van der Waals surface area contributed by atoms with Crippen molar-refractivity contribution in [3.8, 4) is 5.75 Å². The molecule has 0 aromatic heterocycles. The maximum Gasteiger partial charge on any atom is 0.407 e. The molecule has 6 heteroatoms. The van der Waals surface area contributed by atoms with E-state index in [1.165, 1.54) is 0 Å². The van der Waals surface area contributed by atoms with Crippen LogP contribution in [0, 0.1) is 5.92 Å². The van der Waals surface area contributed by atoms with Gasteiger partial charge in [-0.05, 0) is 50.3 Å². The summed E-state index contributed by atoms with van der Waals surface area (Å²) >= 11 is 0. The molecule has 0 spiro atoms. The van der Waals surface area contributed by atoms with E-state index in [0.717, 1.165) is 11.3 Å². The highest BCUT2D eigenvalue weighted by Gasteiger charge is 2.24. The van der Waals surface area contributed by atoms with Crippen LogP contribution >= 0.6 is 10.0 Å². The zero-order valence-corrected chi connectivity index (χ0v) is 17.7. The molecule has 1 rings (SSSR count). The standard InChI is InChI=1S/C21H31NO4S/c1-6-11-17(7-2)19(20(23)26-18-12-9-8-10-13-18)16-22-21(24)25-14-15-27(3,4)5/h6-13,19H,14-16H2,1-5H3,(H,22,24)/b11-6-,17-7+. The highest BCUT2D eigenvalue weighted by Crippen LogP contribution is 2.33. The highest BCUT2D eigenvalue weighted by molar-refractivity contribution is 8.32. The van der Waals surface area contributed by atoms with Gasteiger partial charge < -0.3 is 14.8 Å². The van der Waals surface area contributed by atoms with Crippen LogP contribution in [0.3, 0.4) is 0 Å². The summed E-state index contributed by atoms with van der Waals surface area (Å²) in [6.07, 6.45) is 11.5. The second kappa shape index (κ2) is 11.5. The normalized spacial score (nSPS) is 13.9. The summed E-state index contributed by atoms with van der Waals surface area (Å²) in [6.45, 7) is 4.20. The van der Waals surface area contributed by atoms with Crippen molar-refractivity contribution in [2.45, 2.75) is 13.8 Å². The van der Waals surface area contributed by atoms with Gasteiger partial charge in [0.25, 0.3) is 0 Å². The van der Waals surface area contributed by atoms with E-state index in [-0.39, 0.29) is 6.54 Å². The van der Waals surface area contributed by atoms with Crippen LogP contribution in [0.4, 0.5) is 4.79 Å². The van der Waals surface area contributed by atoms with Gasteiger partial charge in [-0.2, -0.15) is 0 Å². The first kappa shape index (κ1) is 22.8. The summed E-state index contributed by atoms with van der Waals surface area (Å²) in [7, 11) is -0.721. The first-order valence-electron chi connectivity index (χ1n) is 8.89. The van der Waals surface area contributed by atoms with Gasteiger partial charge in [0, 0.05) is 12.3 Å². The molecule has 1 aromatic rings. The van der Waals surface area contributed by atoms with Crippen molar-refractivity contribution in [2.75, 3.05) is 37.7 Å². The highest BCUT2D eigenvalue weighted by atomic mass is 32.3. The Hall–Kier alpha value is -2.21. The number of carbonyl (C=O) groups excluding carboxylic acids is 2. The van der Waals surface area contributed by atoms with Gasteiger partial charge in [-0.3, -0.25) is 4.79 Å². The third-order valence-electron chi connectivity index (χ3n) is 3.72. The first-order valence-corrected chi connectivity index (χ1v) is 11.9. The monoisotopic (exact) mass is 393 g/mol. The smallest absolute Gasteiger partial charge is 0.407 e. The molecule has 0 aliphatic carbocycles. The molecule has 0 radical (unpaired) electrons. The molecule has 0 fully saturated rings. The van der Waals surface area contributed by atoms with Gasteiger partial charge in [0.1, 0.15) is 12.4 Å². The number of hydrogen-bond donors (Lipinski definition) is 1. The SMILES string of the molecule is C/C=C\C(=C/C)C(CNC(=O)OCCS(C)(C)C)C(=O)Oc1ccccc1. The Labute approximate surface area is 164 Å². The van der Waals surface area contributed by atoms with E-state index >= 15 is 0 Å². The lowest BCUT2D eigenvalue weighted by Crippen LogP contribution is -2.36. The van der Waals surface area contributed by atoms with Crippen molar-refractivity contribution in [1.82, 2.24) is 5.32 Å². The Morgan fingerprint density at radius 1 is 1.15 bits per heavy atom. The number of alkyl carbamates (subject to hydrolysis) is 1. The number of esters is 1. The largest absolute Gasteiger partial charge is 0.449 e. The summed E-state index contributed by atoms with van der Waals surface area (Å²) in [5.74, 6) is 0.275. The summed E-state index contributed by atoms with van der Waals surface area (Å²) < 4.78 is 10.7. The Morgan fingerprint density at radius 2 is 1.81 bits per heavy atom. The van der Waals surface area contributed by atoms with Crippen LogP contribution in [-0.4, -0.2) is 49.7 Å². The molecule has 5 nitrogen and oxygen atoms in total. The molecule has 1 N–H and O–H groups in total. The number of carbonyl (C=O) groups is 2. The van der Waals surface area contributed by atoms with Crippen LogP contribution in [0.25, 0.3) is 0 Å². The molecular weight excluding hydrogens is 362 g/mol. The summed E-state index contributed by atoms with van der Waals surface area (Å²) in [5.41, 5.74) is 0.776. The molecule has 0 saturated heterocycles. The molecule has 0 aliphatic rings. The van der Waals surface area contributed by atoms with Gasteiger partial charge in [-0.15, -0.1) is 0 Å². The van der Waals surface area contributed by atoms with Crippen LogP contribution < -0.4 is 10.1 Å². The van der Waals surface area contributed by atoms with Crippen LogP contribution in [0.2, 0.25) is 0 Å². The average Bonchev–Trinajstić information content (AvgIpc) is 2.60. The second-order valence-electron chi connectivity index (χ2n) is 6.89. The van der Waals surface area contributed by atoms with E-state index in [1.807, 2.05) is 38.1 Å². The predicted octanol–water partition coefficient (Wildman–Crippen LogP) is 4.15. The Morgan fingerprint density at radius 3 is 2.37 bits per heavy atom. The van der Waals surface area contributed by atoms with Crippen molar-refractivity contribution in [1.29, 1.82) is 0 Å². The van der Waals surface area contributed by atoms with E-state index in [1.54, 1.807) is 24.3 Å². The fourth-order valence-corrected chi connectivity index (χ4v) is 2.82. The van der Waals surface area contributed by atoms with Crippen molar-refractivity contribution in [3.63, 3.8) is 0 Å². The fraction of sp³-hybridized carbons (Fsp3) is 0.429. The molecule has 1 aromatic carbocycles. The van der Waals surface area contributed by atoms with E-state index in [4.69, 9.17) is 9.47 Å². The van der Waals surface area contributed by atoms with E-state index in [9.17, 15) is 9.59 Å². The van der Waals surface area contributed by atoms with Gasteiger partial charge in [0.2, 0.25) is 0 Å². The molecule has 1 atom stereocenters. The number of benzene rings is 1. The number of amides is 1. The quantitative estimate of drug-likeness (QED) is 0.389. The predicted molar refractivity (Wildman–Crippen MR) is 114 cm³/mol. The van der Waals surface area contributed by atoms with Gasteiger partial charge in [0.05, 0.1) is 5.92 Å². The Balaban J connectivity index is 2.72. The lowest BCUT2D eigenvalue weighted by atomic mass is 9.98. The lowest BCUT2D eigenvalue weighted by Gasteiger charge is -2.24. The number of hydrogen-bond acceptors (Lipinski definition) is 4. The lowest BCUT2D eigenvalue weighted by molar-refractivity contribution is -0.137. The van der Waals surface area contributed by atoms with Crippen LogP contribution in [0.1, 0.15) is 13.8 Å². The van der Waals surface area contributed by atoms with E-state index in [2.05, 4.69) is 24.1 Å². The van der Waals surface area contributed by atoms with Crippen molar-refractivity contribution in [2.24, 2.45) is 5.92 Å². The molecule has 0 heterocycles. The van der Waals surface area contributed by atoms with Crippen LogP contribution in [0.15, 0.2) is 54.1 Å². The number of allylic oxidation sites excluding steroid dienone is 3. The molecule has 27 heavy (non-hydrogen) atoms. The zero-order valence-electron chi connectivity index (χ0n) is 16.9. The fourth-order valence-electron chi connectivity index (χ4n) is 2.24. The van der Waals surface area contributed by atoms with Gasteiger partial charge in [0.15, 0.2) is 0 Å². The minimum Gasteiger partial charge on any atom is -0.449 e. The third kappa shape index (κ3) is 9.33. The minimum atomic E-state index is -0.721. The second-order valence-corrected chi connectivity index (χ2v) is 11.5. The topological polar surface area (TPSA) is 64.6 Å². The molecule has 1 unspecified atom stereocenters. The minimum absolute atomic E-state index is 0.108. The maximum absolute atomic E-state index is 12.7. The van der Waals surface area contributed by atoms with Crippen LogP contribution in [0.5, 0.6) is 5.75 Å². The number of nitrogens with one attached hydrogen (secondary N) is 1. The molecule has 0 aliphatic heterocycles. The van der Waals surface area contributed by atoms with E-state index in [0.29, 0.717) is 12.4 Å². The molecule has 150 valence electrons. The first-order chi connectivity index (χ1) is 12.8. The van der Waals surface area contributed by atoms with Gasteiger partial charge in [-0.25, -0.2) is 14.8 Å². The average molecular weight is 394 g/mol. The summed E-state index contributed by atoms with van der Waals surface area (Å²) in [6, 6.07) is 8.88. The molecule has 0 saturated carbocycles. The Kier molecular flexibility index (Phi) is 9.72. The van der Waals surface area contributed by atoms with E-state index < -0.39 is 28.0 Å². The van der Waals surface area contributed by atoms with Crippen molar-refractivity contribution >= 4 is 22.1 Å². The van der Waals surface area contributed by atoms with Gasteiger partial charge in [-0.1, -0.05) is 36.4 Å². The van der Waals surface area contributed by atoms with Crippen molar-refractivity contribution < 1.29 is 19.1 Å². The number of rotatable bonds is 9. The number of ether oxygens (including phenoxy) is 2. The molecule has 0 bridgehead atoms.